The van der Waals surface area contributed by atoms with Crippen LogP contribution < -0.4 is 10.5 Å². The van der Waals surface area contributed by atoms with Gasteiger partial charge in [-0.25, -0.2) is 4.98 Å². The van der Waals surface area contributed by atoms with Gasteiger partial charge in [0.1, 0.15) is 11.6 Å². The van der Waals surface area contributed by atoms with Crippen LogP contribution in [0.3, 0.4) is 0 Å². The molecule has 0 aliphatic heterocycles. The first-order chi connectivity index (χ1) is 7.70. The number of anilines is 1. The van der Waals surface area contributed by atoms with E-state index in [0.717, 1.165) is 22.6 Å². The zero-order chi connectivity index (χ0) is 11.5. The number of aryl methyl sites for hydroxylation is 1. The molecule has 2 aromatic rings. The van der Waals surface area contributed by atoms with Crippen molar-refractivity contribution in [3.05, 3.63) is 36.2 Å². The summed E-state index contributed by atoms with van der Waals surface area (Å²) in [6.07, 6.45) is 3.21. The molecule has 0 amide bonds. The van der Waals surface area contributed by atoms with Crippen molar-refractivity contribution >= 4 is 5.82 Å². The second-order valence-electron chi connectivity index (χ2n) is 3.51. The van der Waals surface area contributed by atoms with E-state index in [9.17, 15) is 0 Å². The molecule has 0 radical (unpaired) electrons. The number of ether oxygens (including phenoxy) is 1. The molecule has 4 nitrogen and oxygen atoms in total. The van der Waals surface area contributed by atoms with Crippen LogP contribution in [0, 0.1) is 6.92 Å². The van der Waals surface area contributed by atoms with Gasteiger partial charge in [-0.3, -0.25) is 4.98 Å². The van der Waals surface area contributed by atoms with Crippen LogP contribution in [0.4, 0.5) is 5.82 Å². The quantitative estimate of drug-likeness (QED) is 0.832. The number of nitrogens with two attached hydrogens (primary N) is 1. The Bertz CT molecular complexity index is 494. The van der Waals surface area contributed by atoms with Crippen molar-refractivity contribution in [3.63, 3.8) is 0 Å². The molecule has 0 bridgehead atoms. The number of nitrogens with zero attached hydrogens (tertiary/aromatic N) is 2. The van der Waals surface area contributed by atoms with Crippen LogP contribution in [0.25, 0.3) is 11.3 Å². The lowest BCUT2D eigenvalue weighted by Crippen LogP contribution is -1.93. The maximum absolute atomic E-state index is 5.49. The van der Waals surface area contributed by atoms with Gasteiger partial charge in [-0.2, -0.15) is 0 Å². The molecular weight excluding hydrogens is 202 g/mol. The summed E-state index contributed by atoms with van der Waals surface area (Å²) >= 11 is 0. The van der Waals surface area contributed by atoms with E-state index in [2.05, 4.69) is 9.97 Å². The van der Waals surface area contributed by atoms with Gasteiger partial charge >= 0.3 is 0 Å². The molecular formula is C12H13N3O. The molecule has 0 saturated heterocycles. The van der Waals surface area contributed by atoms with Crippen molar-refractivity contribution in [1.82, 2.24) is 9.97 Å². The predicted octanol–water partition coefficient (Wildman–Crippen LogP) is 2.04. The van der Waals surface area contributed by atoms with E-state index in [0.29, 0.717) is 5.82 Å². The van der Waals surface area contributed by atoms with Gasteiger partial charge in [0.15, 0.2) is 0 Å². The molecule has 0 aliphatic rings. The van der Waals surface area contributed by atoms with Gasteiger partial charge in [-0.1, -0.05) is 0 Å². The molecule has 2 N–H and O–H groups in total. The SMILES string of the molecule is COc1ccc(-c2cnc(N)cn2)cc1C. The molecule has 0 unspecified atom stereocenters. The largest absolute Gasteiger partial charge is 0.496 e. The zero-order valence-electron chi connectivity index (χ0n) is 9.27. The van der Waals surface area contributed by atoms with Crippen LogP contribution in [0.5, 0.6) is 5.75 Å². The van der Waals surface area contributed by atoms with Gasteiger partial charge in [0.25, 0.3) is 0 Å². The summed E-state index contributed by atoms with van der Waals surface area (Å²) in [5.41, 5.74) is 8.37. The standard InChI is InChI=1S/C12H13N3O/c1-8-5-9(3-4-11(8)16-2)10-6-15-12(13)7-14-10/h3-7H,1-2H3,(H2,13,15). The van der Waals surface area contributed by atoms with Crippen molar-refractivity contribution in [3.8, 4) is 17.0 Å². The van der Waals surface area contributed by atoms with Crippen molar-refractivity contribution in [2.75, 3.05) is 12.8 Å². The fourth-order valence-corrected chi connectivity index (χ4v) is 1.52. The normalized spacial score (nSPS) is 10.1. The number of nitrogen functional groups attached to an aromatic ring is 1. The molecule has 1 aromatic heterocycles. The third kappa shape index (κ3) is 1.95. The van der Waals surface area contributed by atoms with Crippen LogP contribution in [0.15, 0.2) is 30.6 Å². The Hall–Kier alpha value is -2.10. The molecule has 0 saturated carbocycles. The summed E-state index contributed by atoms with van der Waals surface area (Å²) in [5, 5.41) is 0. The maximum atomic E-state index is 5.49. The van der Waals surface area contributed by atoms with Gasteiger partial charge in [0, 0.05) is 5.56 Å². The first-order valence-electron chi connectivity index (χ1n) is 4.93. The average molecular weight is 215 g/mol. The highest BCUT2D eigenvalue weighted by atomic mass is 16.5. The van der Waals surface area contributed by atoms with E-state index in [1.165, 1.54) is 0 Å². The molecule has 2 rings (SSSR count). The minimum Gasteiger partial charge on any atom is -0.496 e. The highest BCUT2D eigenvalue weighted by Crippen LogP contribution is 2.24. The van der Waals surface area contributed by atoms with E-state index in [-0.39, 0.29) is 0 Å². The summed E-state index contributed by atoms with van der Waals surface area (Å²) in [5.74, 6) is 1.29. The smallest absolute Gasteiger partial charge is 0.141 e. The Morgan fingerprint density at radius 1 is 1.19 bits per heavy atom. The molecule has 0 fully saturated rings. The Morgan fingerprint density at radius 2 is 2.00 bits per heavy atom. The number of aromatic nitrogens is 2. The number of rotatable bonds is 2. The molecule has 1 heterocycles. The third-order valence-corrected chi connectivity index (χ3v) is 2.36. The van der Waals surface area contributed by atoms with Crippen molar-refractivity contribution in [1.29, 1.82) is 0 Å². The van der Waals surface area contributed by atoms with Crippen LogP contribution in [0.2, 0.25) is 0 Å². The van der Waals surface area contributed by atoms with Crippen molar-refractivity contribution in [2.45, 2.75) is 6.92 Å². The van der Waals surface area contributed by atoms with E-state index in [1.54, 1.807) is 19.5 Å². The molecule has 1 aromatic carbocycles. The maximum Gasteiger partial charge on any atom is 0.141 e. The average Bonchev–Trinajstić information content (AvgIpc) is 2.30. The number of benzene rings is 1. The molecule has 0 aliphatic carbocycles. The molecule has 0 atom stereocenters. The zero-order valence-corrected chi connectivity index (χ0v) is 9.27. The van der Waals surface area contributed by atoms with E-state index >= 15 is 0 Å². The fourth-order valence-electron chi connectivity index (χ4n) is 1.52. The topological polar surface area (TPSA) is 61.0 Å². The third-order valence-electron chi connectivity index (χ3n) is 2.36. The highest BCUT2D eigenvalue weighted by Gasteiger charge is 2.03. The monoisotopic (exact) mass is 215 g/mol. The van der Waals surface area contributed by atoms with E-state index in [4.69, 9.17) is 10.5 Å². The lowest BCUT2D eigenvalue weighted by Gasteiger charge is -2.06. The van der Waals surface area contributed by atoms with E-state index in [1.807, 2.05) is 25.1 Å². The molecule has 0 spiro atoms. The van der Waals surface area contributed by atoms with Crippen molar-refractivity contribution in [2.24, 2.45) is 0 Å². The summed E-state index contributed by atoms with van der Waals surface area (Å²) in [7, 11) is 1.66. The summed E-state index contributed by atoms with van der Waals surface area (Å²) in [6, 6.07) is 5.88. The van der Waals surface area contributed by atoms with E-state index < -0.39 is 0 Å². The summed E-state index contributed by atoms with van der Waals surface area (Å²) < 4.78 is 5.20. The first-order valence-corrected chi connectivity index (χ1v) is 4.93. The van der Waals surface area contributed by atoms with Crippen LogP contribution in [0.1, 0.15) is 5.56 Å². The Kier molecular flexibility index (Phi) is 2.72. The predicted molar refractivity (Wildman–Crippen MR) is 63.2 cm³/mol. The lowest BCUT2D eigenvalue weighted by molar-refractivity contribution is 0.412. The van der Waals surface area contributed by atoms with Gasteiger partial charge < -0.3 is 10.5 Å². The molecule has 82 valence electrons. The summed E-state index contributed by atoms with van der Waals surface area (Å²) in [6.45, 7) is 1.99. The number of hydrogen-bond donors (Lipinski definition) is 1. The Labute approximate surface area is 94.1 Å². The highest BCUT2D eigenvalue weighted by molar-refractivity contribution is 5.61. The number of hydrogen-bond acceptors (Lipinski definition) is 4. The second kappa shape index (κ2) is 4.18. The fraction of sp³-hybridized carbons (Fsp3) is 0.167. The van der Waals surface area contributed by atoms with Crippen LogP contribution in [-0.2, 0) is 0 Å². The lowest BCUT2D eigenvalue weighted by atomic mass is 10.1. The van der Waals surface area contributed by atoms with Crippen molar-refractivity contribution < 1.29 is 4.74 Å². The Balaban J connectivity index is 2.41. The van der Waals surface area contributed by atoms with Crippen LogP contribution in [-0.4, -0.2) is 17.1 Å². The van der Waals surface area contributed by atoms with Gasteiger partial charge in [0.05, 0.1) is 25.2 Å². The summed E-state index contributed by atoms with van der Waals surface area (Å²) in [4.78, 5) is 8.23. The van der Waals surface area contributed by atoms with Gasteiger partial charge in [-0.05, 0) is 30.7 Å². The van der Waals surface area contributed by atoms with Gasteiger partial charge in [-0.15, -0.1) is 0 Å². The molecule has 4 heteroatoms. The van der Waals surface area contributed by atoms with Crippen LogP contribution >= 0.6 is 0 Å². The van der Waals surface area contributed by atoms with Gasteiger partial charge in [0.2, 0.25) is 0 Å². The first kappa shape index (κ1) is 10.4. The second-order valence-corrected chi connectivity index (χ2v) is 3.51. The minimum atomic E-state index is 0.425. The molecule has 16 heavy (non-hydrogen) atoms. The minimum absolute atomic E-state index is 0.425. The number of methoxy groups -OCH3 is 1. The Morgan fingerprint density at radius 3 is 2.56 bits per heavy atom.